The largest absolute Gasteiger partial charge is 0.494 e. The Bertz CT molecular complexity index is 343. The van der Waals surface area contributed by atoms with E-state index in [2.05, 4.69) is 43.4 Å². The lowest BCUT2D eigenvalue weighted by molar-refractivity contribution is 0.308. The van der Waals surface area contributed by atoms with Crippen molar-refractivity contribution in [2.75, 3.05) is 13.2 Å². The van der Waals surface area contributed by atoms with Crippen LogP contribution in [0, 0.1) is 0 Å². The Morgan fingerprint density at radius 1 is 1.28 bits per heavy atom. The second-order valence-electron chi connectivity index (χ2n) is 5.31. The van der Waals surface area contributed by atoms with Gasteiger partial charge in [-0.2, -0.15) is 0 Å². The van der Waals surface area contributed by atoms with Gasteiger partial charge in [0.1, 0.15) is 5.75 Å². The van der Waals surface area contributed by atoms with Crippen molar-refractivity contribution in [3.63, 3.8) is 0 Å². The average Bonchev–Trinajstić information content (AvgIpc) is 3.22. The number of benzene rings is 1. The zero-order valence-corrected chi connectivity index (χ0v) is 11.6. The quantitative estimate of drug-likeness (QED) is 0.707. The van der Waals surface area contributed by atoms with Gasteiger partial charge < -0.3 is 10.1 Å². The van der Waals surface area contributed by atoms with Crippen molar-refractivity contribution >= 4 is 0 Å². The first-order valence-electron chi connectivity index (χ1n) is 7.25. The first-order valence-corrected chi connectivity index (χ1v) is 7.25. The lowest BCUT2D eigenvalue weighted by Crippen LogP contribution is -2.19. The zero-order chi connectivity index (χ0) is 12.8. The molecule has 1 aliphatic rings. The Kier molecular flexibility index (Phi) is 5.06. The van der Waals surface area contributed by atoms with E-state index in [1.54, 1.807) is 0 Å². The summed E-state index contributed by atoms with van der Waals surface area (Å²) >= 11 is 0. The minimum Gasteiger partial charge on any atom is -0.494 e. The van der Waals surface area contributed by atoms with E-state index in [0.717, 1.165) is 31.4 Å². The van der Waals surface area contributed by atoms with Crippen LogP contribution in [0.1, 0.15) is 51.0 Å². The molecule has 0 saturated heterocycles. The number of hydrogen-bond donors (Lipinski definition) is 1. The van der Waals surface area contributed by atoms with Crippen LogP contribution >= 0.6 is 0 Å². The minimum absolute atomic E-state index is 0.641. The van der Waals surface area contributed by atoms with Crippen LogP contribution in [-0.2, 0) is 0 Å². The molecule has 0 bridgehead atoms. The van der Waals surface area contributed by atoms with Gasteiger partial charge in [0.15, 0.2) is 0 Å². The molecule has 1 fully saturated rings. The van der Waals surface area contributed by atoms with Crippen LogP contribution in [0.15, 0.2) is 24.3 Å². The monoisotopic (exact) mass is 247 g/mol. The lowest BCUT2D eigenvalue weighted by Gasteiger charge is -2.11. The normalized spacial score (nSPS) is 16.6. The summed E-state index contributed by atoms with van der Waals surface area (Å²) in [5.41, 5.74) is 1.40. The summed E-state index contributed by atoms with van der Waals surface area (Å²) in [7, 11) is 0. The predicted molar refractivity (Wildman–Crippen MR) is 76.3 cm³/mol. The molecule has 1 unspecified atom stereocenters. The highest BCUT2D eigenvalue weighted by Gasteiger charge is 2.19. The lowest BCUT2D eigenvalue weighted by atomic mass is 9.99. The molecule has 1 N–H and O–H groups in total. The Morgan fingerprint density at radius 2 is 2.00 bits per heavy atom. The van der Waals surface area contributed by atoms with Gasteiger partial charge in [-0.3, -0.25) is 0 Å². The minimum atomic E-state index is 0.641. The first kappa shape index (κ1) is 13.4. The molecule has 2 rings (SSSR count). The fourth-order valence-corrected chi connectivity index (χ4v) is 1.98. The number of ether oxygens (including phenoxy) is 1. The van der Waals surface area contributed by atoms with E-state index in [9.17, 15) is 0 Å². The maximum absolute atomic E-state index is 5.74. The molecule has 0 spiro atoms. The summed E-state index contributed by atoms with van der Waals surface area (Å²) in [6.45, 7) is 6.37. The maximum Gasteiger partial charge on any atom is 0.119 e. The molecule has 0 radical (unpaired) electrons. The second-order valence-corrected chi connectivity index (χ2v) is 5.31. The third kappa shape index (κ3) is 4.34. The van der Waals surface area contributed by atoms with E-state index in [0.29, 0.717) is 5.92 Å². The molecular weight excluding hydrogens is 222 g/mol. The molecular formula is C16H25NO. The summed E-state index contributed by atoms with van der Waals surface area (Å²) in [5.74, 6) is 1.63. The van der Waals surface area contributed by atoms with Crippen LogP contribution in [-0.4, -0.2) is 19.2 Å². The van der Waals surface area contributed by atoms with Crippen molar-refractivity contribution in [1.29, 1.82) is 0 Å². The molecule has 1 atom stereocenters. The Balaban J connectivity index is 1.65. The van der Waals surface area contributed by atoms with E-state index in [1.807, 2.05) is 0 Å². The fraction of sp³-hybridized carbons (Fsp3) is 0.625. The molecule has 0 heterocycles. The van der Waals surface area contributed by atoms with Gasteiger partial charge in [0.25, 0.3) is 0 Å². The molecule has 0 aliphatic heterocycles. The van der Waals surface area contributed by atoms with Crippen LogP contribution in [0.4, 0.5) is 0 Å². The van der Waals surface area contributed by atoms with E-state index in [1.165, 1.54) is 24.8 Å². The van der Waals surface area contributed by atoms with Crippen molar-refractivity contribution in [2.24, 2.45) is 0 Å². The highest BCUT2D eigenvalue weighted by molar-refractivity contribution is 5.29. The van der Waals surface area contributed by atoms with E-state index in [4.69, 9.17) is 4.74 Å². The van der Waals surface area contributed by atoms with Gasteiger partial charge in [0.2, 0.25) is 0 Å². The summed E-state index contributed by atoms with van der Waals surface area (Å²) in [4.78, 5) is 0. The van der Waals surface area contributed by atoms with Crippen LogP contribution in [0.3, 0.4) is 0 Å². The van der Waals surface area contributed by atoms with Crippen LogP contribution in [0.25, 0.3) is 0 Å². The third-order valence-corrected chi connectivity index (χ3v) is 3.66. The summed E-state index contributed by atoms with van der Waals surface area (Å²) < 4.78 is 5.74. The molecule has 1 aromatic carbocycles. The van der Waals surface area contributed by atoms with E-state index < -0.39 is 0 Å². The van der Waals surface area contributed by atoms with Crippen molar-refractivity contribution in [1.82, 2.24) is 5.32 Å². The molecule has 2 nitrogen and oxygen atoms in total. The SMILES string of the molecule is CCC(C)c1ccc(OCCCNC2CC2)cc1. The predicted octanol–water partition coefficient (Wildman–Crippen LogP) is 3.72. The van der Waals surface area contributed by atoms with Crippen molar-refractivity contribution < 1.29 is 4.74 Å². The Hall–Kier alpha value is -1.02. The zero-order valence-electron chi connectivity index (χ0n) is 11.6. The molecule has 0 aromatic heterocycles. The summed E-state index contributed by atoms with van der Waals surface area (Å²) in [6.07, 6.45) is 4.99. The topological polar surface area (TPSA) is 21.3 Å². The summed E-state index contributed by atoms with van der Waals surface area (Å²) in [6, 6.07) is 9.36. The fourth-order valence-electron chi connectivity index (χ4n) is 1.98. The molecule has 100 valence electrons. The number of nitrogens with one attached hydrogen (secondary N) is 1. The van der Waals surface area contributed by atoms with Crippen LogP contribution in [0.5, 0.6) is 5.75 Å². The van der Waals surface area contributed by atoms with Gasteiger partial charge in [-0.05, 0) is 55.8 Å². The second kappa shape index (κ2) is 6.79. The highest BCUT2D eigenvalue weighted by atomic mass is 16.5. The molecule has 1 aromatic rings. The molecule has 2 heteroatoms. The van der Waals surface area contributed by atoms with Crippen molar-refractivity contribution in [3.05, 3.63) is 29.8 Å². The van der Waals surface area contributed by atoms with Crippen molar-refractivity contribution in [2.45, 2.75) is 51.5 Å². The third-order valence-electron chi connectivity index (χ3n) is 3.66. The number of hydrogen-bond acceptors (Lipinski definition) is 2. The van der Waals surface area contributed by atoms with Gasteiger partial charge in [0.05, 0.1) is 6.61 Å². The molecule has 0 amide bonds. The van der Waals surface area contributed by atoms with Gasteiger partial charge >= 0.3 is 0 Å². The average molecular weight is 247 g/mol. The van der Waals surface area contributed by atoms with Crippen LogP contribution in [0.2, 0.25) is 0 Å². The Labute approximate surface area is 111 Å². The van der Waals surface area contributed by atoms with Crippen molar-refractivity contribution in [3.8, 4) is 5.75 Å². The van der Waals surface area contributed by atoms with E-state index in [-0.39, 0.29) is 0 Å². The summed E-state index contributed by atoms with van der Waals surface area (Å²) in [5, 5.41) is 3.49. The highest BCUT2D eigenvalue weighted by Crippen LogP contribution is 2.21. The van der Waals surface area contributed by atoms with Gasteiger partial charge in [0, 0.05) is 6.04 Å². The van der Waals surface area contributed by atoms with Crippen LogP contribution < -0.4 is 10.1 Å². The Morgan fingerprint density at radius 3 is 2.61 bits per heavy atom. The van der Waals surface area contributed by atoms with Gasteiger partial charge in [-0.15, -0.1) is 0 Å². The molecule has 1 saturated carbocycles. The maximum atomic E-state index is 5.74. The smallest absolute Gasteiger partial charge is 0.119 e. The molecule has 18 heavy (non-hydrogen) atoms. The standard InChI is InChI=1S/C16H25NO/c1-3-13(2)14-5-9-16(10-6-14)18-12-4-11-17-15-7-8-15/h5-6,9-10,13,15,17H,3-4,7-8,11-12H2,1-2H3. The van der Waals surface area contributed by atoms with E-state index >= 15 is 0 Å². The van der Waals surface area contributed by atoms with Gasteiger partial charge in [-0.25, -0.2) is 0 Å². The molecule has 1 aliphatic carbocycles. The van der Waals surface area contributed by atoms with Gasteiger partial charge in [-0.1, -0.05) is 26.0 Å². The number of rotatable bonds is 8. The first-order chi connectivity index (χ1) is 8.79.